The van der Waals surface area contributed by atoms with Crippen molar-refractivity contribution < 1.29 is 14.2 Å². The highest BCUT2D eigenvalue weighted by atomic mass is 79.9. The van der Waals surface area contributed by atoms with Crippen LogP contribution < -0.4 is 14.2 Å². The molecule has 2 aromatic carbocycles. The van der Waals surface area contributed by atoms with Gasteiger partial charge in [0.2, 0.25) is 11.6 Å². The Morgan fingerprint density at radius 3 is 2.22 bits per heavy atom. The molecule has 0 aliphatic carbocycles. The molecule has 0 N–H and O–H groups in total. The van der Waals surface area contributed by atoms with Crippen LogP contribution in [0.4, 0.5) is 0 Å². The Morgan fingerprint density at radius 1 is 0.852 bits per heavy atom. The van der Waals surface area contributed by atoms with Gasteiger partial charge in [0.15, 0.2) is 23.0 Å². The average Bonchev–Trinajstić information content (AvgIpc) is 3.12. The first-order valence-corrected chi connectivity index (χ1v) is 8.86. The van der Waals surface area contributed by atoms with E-state index in [1.165, 1.54) is 0 Å². The Morgan fingerprint density at radius 2 is 1.56 bits per heavy atom. The molecule has 2 heterocycles. The summed E-state index contributed by atoms with van der Waals surface area (Å²) in [5.74, 6) is 2.53. The summed E-state index contributed by atoms with van der Waals surface area (Å²) in [5.41, 5.74) is 1.51. The van der Waals surface area contributed by atoms with Gasteiger partial charge in [-0.15, -0.1) is 15.3 Å². The number of benzene rings is 2. The van der Waals surface area contributed by atoms with Crippen molar-refractivity contribution in [2.24, 2.45) is 0 Å². The van der Waals surface area contributed by atoms with Gasteiger partial charge in [0, 0.05) is 16.1 Å². The quantitative estimate of drug-likeness (QED) is 0.471. The molecule has 8 heteroatoms. The number of halogens is 1. The van der Waals surface area contributed by atoms with Crippen LogP contribution in [0, 0.1) is 0 Å². The van der Waals surface area contributed by atoms with Crippen LogP contribution in [0.1, 0.15) is 0 Å². The molecule has 0 spiro atoms. The molecule has 0 saturated carbocycles. The Labute approximate surface area is 163 Å². The maximum absolute atomic E-state index is 5.96. The maximum Gasteiger partial charge on any atom is 0.237 e. The van der Waals surface area contributed by atoms with Gasteiger partial charge in [-0.2, -0.15) is 4.52 Å². The predicted molar refractivity (Wildman–Crippen MR) is 104 cm³/mol. The van der Waals surface area contributed by atoms with Crippen LogP contribution in [0.3, 0.4) is 0 Å². The van der Waals surface area contributed by atoms with Crippen LogP contribution in [0.15, 0.2) is 59.1 Å². The molecule has 0 aliphatic heterocycles. The van der Waals surface area contributed by atoms with Gasteiger partial charge in [-0.3, -0.25) is 0 Å². The molecule has 0 saturated heterocycles. The Kier molecular flexibility index (Phi) is 4.64. The van der Waals surface area contributed by atoms with Crippen molar-refractivity contribution in [2.75, 3.05) is 14.2 Å². The third kappa shape index (κ3) is 3.31. The highest BCUT2D eigenvalue weighted by Crippen LogP contribution is 2.39. The van der Waals surface area contributed by atoms with Crippen LogP contribution in [-0.4, -0.2) is 34.0 Å². The molecule has 0 unspecified atom stereocenters. The molecular weight excluding hydrogens is 412 g/mol. The number of ether oxygens (including phenoxy) is 3. The highest BCUT2D eigenvalue weighted by molar-refractivity contribution is 9.10. The van der Waals surface area contributed by atoms with Gasteiger partial charge in [-0.05, 0) is 30.3 Å². The second-order valence-corrected chi connectivity index (χ2v) is 6.48. The van der Waals surface area contributed by atoms with E-state index in [1.54, 1.807) is 43.0 Å². The number of nitrogens with zero attached hydrogens (tertiary/aromatic N) is 4. The molecule has 0 amide bonds. The van der Waals surface area contributed by atoms with Crippen molar-refractivity contribution in [3.63, 3.8) is 0 Å². The van der Waals surface area contributed by atoms with Crippen LogP contribution in [0.5, 0.6) is 23.1 Å². The standard InChI is InChI=1S/C19H15BrN4O3/c1-25-14-4-3-5-15(26-2)18(14)27-17-11-10-16-21-22-19(24(16)23-17)12-6-8-13(20)9-7-12/h3-11H,1-2H3. The van der Waals surface area contributed by atoms with E-state index >= 15 is 0 Å². The van der Waals surface area contributed by atoms with Gasteiger partial charge in [-0.1, -0.05) is 34.1 Å². The lowest BCUT2D eigenvalue weighted by molar-refractivity contribution is 0.340. The largest absolute Gasteiger partial charge is 0.493 e. The molecule has 0 bridgehead atoms. The van der Waals surface area contributed by atoms with Crippen molar-refractivity contribution in [2.45, 2.75) is 0 Å². The molecule has 4 aromatic rings. The van der Waals surface area contributed by atoms with Gasteiger partial charge in [0.1, 0.15) is 0 Å². The zero-order chi connectivity index (χ0) is 18.8. The van der Waals surface area contributed by atoms with Gasteiger partial charge >= 0.3 is 0 Å². The smallest absolute Gasteiger partial charge is 0.237 e. The third-order valence-corrected chi connectivity index (χ3v) is 4.46. The monoisotopic (exact) mass is 426 g/mol. The van der Waals surface area contributed by atoms with E-state index in [9.17, 15) is 0 Å². The molecular formula is C19H15BrN4O3. The van der Waals surface area contributed by atoms with Gasteiger partial charge in [-0.25, -0.2) is 0 Å². The van der Waals surface area contributed by atoms with Crippen molar-refractivity contribution in [1.29, 1.82) is 0 Å². The van der Waals surface area contributed by atoms with Gasteiger partial charge in [0.05, 0.1) is 14.2 Å². The third-order valence-electron chi connectivity index (χ3n) is 3.93. The topological polar surface area (TPSA) is 70.8 Å². The summed E-state index contributed by atoms with van der Waals surface area (Å²) in [4.78, 5) is 0. The Bertz CT molecular complexity index is 1070. The average molecular weight is 427 g/mol. The minimum atomic E-state index is 0.364. The molecule has 7 nitrogen and oxygen atoms in total. The molecule has 4 rings (SSSR count). The SMILES string of the molecule is COc1cccc(OC)c1Oc1ccc2nnc(-c3ccc(Br)cc3)n2n1. The summed E-state index contributed by atoms with van der Waals surface area (Å²) >= 11 is 3.43. The minimum absolute atomic E-state index is 0.364. The van der Waals surface area contributed by atoms with Crippen molar-refractivity contribution >= 4 is 21.6 Å². The fourth-order valence-electron chi connectivity index (χ4n) is 2.63. The lowest BCUT2D eigenvalue weighted by Crippen LogP contribution is -2.00. The maximum atomic E-state index is 5.96. The molecule has 0 aliphatic rings. The highest BCUT2D eigenvalue weighted by Gasteiger charge is 2.15. The van der Waals surface area contributed by atoms with E-state index in [1.807, 2.05) is 30.3 Å². The number of methoxy groups -OCH3 is 2. The van der Waals surface area contributed by atoms with Crippen LogP contribution in [-0.2, 0) is 0 Å². The van der Waals surface area contributed by atoms with Crippen LogP contribution in [0.25, 0.3) is 17.0 Å². The van der Waals surface area contributed by atoms with E-state index in [4.69, 9.17) is 14.2 Å². The van der Waals surface area contributed by atoms with E-state index in [0.29, 0.717) is 34.6 Å². The lowest BCUT2D eigenvalue weighted by atomic mass is 10.2. The summed E-state index contributed by atoms with van der Waals surface area (Å²) in [7, 11) is 3.15. The number of hydrogen-bond donors (Lipinski definition) is 0. The predicted octanol–water partition coefficient (Wildman–Crippen LogP) is 4.36. The molecule has 0 atom stereocenters. The number of hydrogen-bond acceptors (Lipinski definition) is 6. The zero-order valence-electron chi connectivity index (χ0n) is 14.6. The van der Waals surface area contributed by atoms with Gasteiger partial charge in [0.25, 0.3) is 0 Å². The molecule has 0 radical (unpaired) electrons. The van der Waals surface area contributed by atoms with Crippen LogP contribution >= 0.6 is 15.9 Å². The number of fused-ring (bicyclic) bond motifs is 1. The molecule has 27 heavy (non-hydrogen) atoms. The molecule has 2 aromatic heterocycles. The Balaban J connectivity index is 1.76. The first-order chi connectivity index (χ1) is 13.2. The van der Waals surface area contributed by atoms with E-state index in [-0.39, 0.29) is 0 Å². The van der Waals surface area contributed by atoms with Crippen molar-refractivity contribution in [1.82, 2.24) is 19.8 Å². The molecule has 136 valence electrons. The normalized spacial score (nSPS) is 10.8. The summed E-state index contributed by atoms with van der Waals surface area (Å²) in [6.07, 6.45) is 0. The fourth-order valence-corrected chi connectivity index (χ4v) is 2.89. The fraction of sp³-hybridized carbons (Fsp3) is 0.105. The second-order valence-electron chi connectivity index (χ2n) is 5.57. The first kappa shape index (κ1) is 17.3. The molecule has 0 fully saturated rings. The van der Waals surface area contributed by atoms with Gasteiger partial charge < -0.3 is 14.2 Å². The summed E-state index contributed by atoms with van der Waals surface area (Å²) in [6.45, 7) is 0. The summed E-state index contributed by atoms with van der Waals surface area (Å²) < 4.78 is 19.3. The van der Waals surface area contributed by atoms with E-state index in [2.05, 4.69) is 31.2 Å². The van der Waals surface area contributed by atoms with Crippen molar-refractivity contribution in [3.05, 3.63) is 59.1 Å². The minimum Gasteiger partial charge on any atom is -0.493 e. The lowest BCUT2D eigenvalue weighted by Gasteiger charge is -2.13. The zero-order valence-corrected chi connectivity index (χ0v) is 16.2. The first-order valence-electron chi connectivity index (χ1n) is 8.07. The number of para-hydroxylation sites is 1. The van der Waals surface area contributed by atoms with E-state index in [0.717, 1.165) is 10.0 Å². The van der Waals surface area contributed by atoms with Crippen LogP contribution in [0.2, 0.25) is 0 Å². The van der Waals surface area contributed by atoms with E-state index < -0.39 is 0 Å². The Hall–Kier alpha value is -3.13. The summed E-state index contributed by atoms with van der Waals surface area (Å²) in [5, 5.41) is 12.9. The summed E-state index contributed by atoms with van der Waals surface area (Å²) in [6, 6.07) is 16.7. The van der Waals surface area contributed by atoms with Crippen molar-refractivity contribution in [3.8, 4) is 34.5 Å². The second kappa shape index (κ2) is 7.24. The number of aromatic nitrogens is 4. The number of rotatable bonds is 5.